The summed E-state index contributed by atoms with van der Waals surface area (Å²) < 4.78 is 0. The highest BCUT2D eigenvalue weighted by Crippen LogP contribution is 2.00. The summed E-state index contributed by atoms with van der Waals surface area (Å²) in [7, 11) is 0. The number of hydrogen-bond donors (Lipinski definition) is 2. The third-order valence-corrected chi connectivity index (χ3v) is 2.03. The molecule has 2 N–H and O–H groups in total. The minimum Gasteiger partial charge on any atom is -0.391 e. The number of alkyl halides is 1. The molecule has 4 heteroatoms. The van der Waals surface area contributed by atoms with Gasteiger partial charge in [-0.05, 0) is 12.8 Å². The summed E-state index contributed by atoms with van der Waals surface area (Å²) in [6.07, 6.45) is -0.458. The summed E-state index contributed by atoms with van der Waals surface area (Å²) >= 11 is 3.13. The Labute approximate surface area is 81.7 Å². The number of hydrogen-bond acceptors (Lipinski definition) is 2. The van der Waals surface area contributed by atoms with Crippen LogP contribution in [-0.2, 0) is 4.79 Å². The maximum atomic E-state index is 11.0. The van der Waals surface area contributed by atoms with Crippen molar-refractivity contribution in [3.05, 3.63) is 0 Å². The summed E-state index contributed by atoms with van der Waals surface area (Å²) in [5.41, 5.74) is 0. The lowest BCUT2D eigenvalue weighted by Gasteiger charge is -2.15. The number of halogens is 1. The van der Waals surface area contributed by atoms with Gasteiger partial charge >= 0.3 is 0 Å². The van der Waals surface area contributed by atoms with Gasteiger partial charge in [0.2, 0.25) is 5.91 Å². The lowest BCUT2D eigenvalue weighted by Crippen LogP contribution is -2.37. The molecule has 0 heterocycles. The molecule has 12 heavy (non-hydrogen) atoms. The molecule has 72 valence electrons. The van der Waals surface area contributed by atoms with Crippen molar-refractivity contribution >= 4 is 21.8 Å². The number of amides is 1. The second kappa shape index (κ2) is 5.54. The third-order valence-electron chi connectivity index (χ3n) is 1.62. The first-order valence-corrected chi connectivity index (χ1v) is 4.96. The van der Waals surface area contributed by atoms with Gasteiger partial charge in [0.1, 0.15) is 0 Å². The van der Waals surface area contributed by atoms with Gasteiger partial charge in [-0.15, -0.1) is 0 Å². The molecule has 1 amide bonds. The fourth-order valence-corrected chi connectivity index (χ4v) is 0.743. The lowest BCUT2D eigenvalue weighted by atomic mass is 10.1. The van der Waals surface area contributed by atoms with E-state index in [9.17, 15) is 9.90 Å². The highest BCUT2D eigenvalue weighted by Gasteiger charge is 2.12. The van der Waals surface area contributed by atoms with Gasteiger partial charge in [-0.2, -0.15) is 0 Å². The minimum absolute atomic E-state index is 0.0882. The highest BCUT2D eigenvalue weighted by atomic mass is 79.9. The number of aliphatic hydroxyl groups is 1. The average Bonchev–Trinajstić information content (AvgIpc) is 1.98. The molecular formula is C8H16BrNO2. The summed E-state index contributed by atoms with van der Waals surface area (Å²) in [5, 5.41) is 12.0. The molecule has 3 nitrogen and oxygen atoms in total. The van der Waals surface area contributed by atoms with E-state index in [-0.39, 0.29) is 16.7 Å². The van der Waals surface area contributed by atoms with Gasteiger partial charge < -0.3 is 10.4 Å². The second-order valence-corrected chi connectivity index (χ2v) is 4.55. The maximum absolute atomic E-state index is 11.0. The normalized spacial score (nSPS) is 15.8. The van der Waals surface area contributed by atoms with E-state index in [2.05, 4.69) is 21.2 Å². The first-order valence-electron chi connectivity index (χ1n) is 4.05. The van der Waals surface area contributed by atoms with Gasteiger partial charge in [0.15, 0.2) is 0 Å². The van der Waals surface area contributed by atoms with Crippen LogP contribution in [0.1, 0.15) is 20.8 Å². The Morgan fingerprint density at radius 1 is 1.50 bits per heavy atom. The average molecular weight is 238 g/mol. The molecule has 2 atom stereocenters. The van der Waals surface area contributed by atoms with Crippen molar-refractivity contribution in [3.8, 4) is 0 Å². The van der Waals surface area contributed by atoms with Crippen LogP contribution in [0.3, 0.4) is 0 Å². The zero-order chi connectivity index (χ0) is 9.72. The monoisotopic (exact) mass is 237 g/mol. The number of nitrogens with one attached hydrogen (secondary N) is 1. The minimum atomic E-state index is -0.458. The molecule has 0 aliphatic heterocycles. The summed E-state index contributed by atoms with van der Waals surface area (Å²) in [6, 6.07) is 0. The summed E-state index contributed by atoms with van der Waals surface area (Å²) in [4.78, 5) is 10.8. The smallest absolute Gasteiger partial charge is 0.233 e. The van der Waals surface area contributed by atoms with E-state index in [4.69, 9.17) is 0 Å². The second-order valence-electron chi connectivity index (χ2n) is 3.17. The predicted molar refractivity (Wildman–Crippen MR) is 52.2 cm³/mol. The van der Waals surface area contributed by atoms with Crippen LogP contribution in [0.4, 0.5) is 0 Å². The first-order chi connectivity index (χ1) is 5.45. The van der Waals surface area contributed by atoms with E-state index in [0.29, 0.717) is 6.54 Å². The largest absolute Gasteiger partial charge is 0.391 e. The van der Waals surface area contributed by atoms with E-state index in [1.54, 1.807) is 6.92 Å². The van der Waals surface area contributed by atoms with Crippen LogP contribution in [0, 0.1) is 5.92 Å². The number of aliphatic hydroxyl groups excluding tert-OH is 1. The van der Waals surface area contributed by atoms with Crippen LogP contribution in [0.25, 0.3) is 0 Å². The molecule has 0 aromatic carbocycles. The van der Waals surface area contributed by atoms with Crippen molar-refractivity contribution in [3.63, 3.8) is 0 Å². The van der Waals surface area contributed by atoms with Gasteiger partial charge in [0, 0.05) is 6.54 Å². The zero-order valence-corrected chi connectivity index (χ0v) is 9.26. The Bertz CT molecular complexity index is 148. The standard InChI is InChI=1S/C8H16BrNO2/c1-5(2)7(11)4-10-8(12)6(3)9/h5-7,11H,4H2,1-3H3,(H,10,12). The quantitative estimate of drug-likeness (QED) is 0.715. The van der Waals surface area contributed by atoms with Gasteiger partial charge in [0.25, 0.3) is 0 Å². The maximum Gasteiger partial charge on any atom is 0.233 e. The topological polar surface area (TPSA) is 49.3 Å². The molecule has 0 spiro atoms. The molecule has 0 aliphatic rings. The fraction of sp³-hybridized carbons (Fsp3) is 0.875. The van der Waals surface area contributed by atoms with Crippen molar-refractivity contribution in [2.45, 2.75) is 31.7 Å². The highest BCUT2D eigenvalue weighted by molar-refractivity contribution is 9.10. The Morgan fingerprint density at radius 3 is 2.33 bits per heavy atom. The van der Waals surface area contributed by atoms with E-state index >= 15 is 0 Å². The van der Waals surface area contributed by atoms with Gasteiger partial charge in [0.05, 0.1) is 10.9 Å². The van der Waals surface area contributed by atoms with Crippen molar-refractivity contribution in [1.29, 1.82) is 0 Å². The Balaban J connectivity index is 3.61. The van der Waals surface area contributed by atoms with Crippen molar-refractivity contribution in [2.24, 2.45) is 5.92 Å². The molecule has 0 saturated carbocycles. The van der Waals surface area contributed by atoms with Gasteiger partial charge in [-0.1, -0.05) is 29.8 Å². The van der Waals surface area contributed by atoms with E-state index in [1.807, 2.05) is 13.8 Å². The lowest BCUT2D eigenvalue weighted by molar-refractivity contribution is -0.120. The molecule has 0 saturated heterocycles. The van der Waals surface area contributed by atoms with Crippen molar-refractivity contribution in [1.82, 2.24) is 5.32 Å². The van der Waals surface area contributed by atoms with Crippen LogP contribution in [0.5, 0.6) is 0 Å². The fourth-order valence-electron chi connectivity index (χ4n) is 0.582. The molecule has 0 fully saturated rings. The van der Waals surface area contributed by atoms with Crippen molar-refractivity contribution in [2.75, 3.05) is 6.54 Å². The number of rotatable bonds is 4. The van der Waals surface area contributed by atoms with Crippen LogP contribution in [-0.4, -0.2) is 28.5 Å². The summed E-state index contributed by atoms with van der Waals surface area (Å²) in [6.45, 7) is 5.90. The predicted octanol–water partition coefficient (Wildman–Crippen LogP) is 0.903. The number of carbonyl (C=O) groups excluding carboxylic acids is 1. The Kier molecular flexibility index (Phi) is 5.50. The van der Waals surface area contributed by atoms with Crippen LogP contribution >= 0.6 is 15.9 Å². The molecule has 0 aliphatic carbocycles. The van der Waals surface area contributed by atoms with E-state index in [1.165, 1.54) is 0 Å². The molecule has 2 unspecified atom stereocenters. The Hall–Kier alpha value is -0.0900. The third kappa shape index (κ3) is 4.72. The SMILES string of the molecule is CC(Br)C(=O)NCC(O)C(C)C. The Morgan fingerprint density at radius 2 is 2.00 bits per heavy atom. The summed E-state index contributed by atoms with van der Waals surface area (Å²) in [5.74, 6) is 0.0885. The molecule has 0 aromatic rings. The van der Waals surface area contributed by atoms with Crippen LogP contribution in [0.2, 0.25) is 0 Å². The van der Waals surface area contributed by atoms with Gasteiger partial charge in [-0.3, -0.25) is 4.79 Å². The van der Waals surface area contributed by atoms with E-state index < -0.39 is 6.10 Å². The molecular weight excluding hydrogens is 222 g/mol. The molecule has 0 rings (SSSR count). The first kappa shape index (κ1) is 11.9. The molecule has 0 aromatic heterocycles. The van der Waals surface area contributed by atoms with Crippen LogP contribution in [0.15, 0.2) is 0 Å². The molecule has 0 radical (unpaired) electrons. The zero-order valence-electron chi connectivity index (χ0n) is 7.67. The number of carbonyl (C=O) groups is 1. The van der Waals surface area contributed by atoms with E-state index in [0.717, 1.165) is 0 Å². The molecule has 0 bridgehead atoms. The van der Waals surface area contributed by atoms with Crippen LogP contribution < -0.4 is 5.32 Å². The van der Waals surface area contributed by atoms with Crippen molar-refractivity contribution < 1.29 is 9.90 Å². The van der Waals surface area contributed by atoms with Gasteiger partial charge in [-0.25, -0.2) is 0 Å².